The minimum absolute atomic E-state index is 0.00303. The molecule has 202 valence electrons. The first-order valence-corrected chi connectivity index (χ1v) is 13.6. The van der Waals surface area contributed by atoms with Gasteiger partial charge in [-0.15, -0.1) is 11.8 Å². The Morgan fingerprint density at radius 3 is 2.15 bits per heavy atom. The van der Waals surface area contributed by atoms with Crippen LogP contribution in [-0.2, 0) is 9.53 Å². The van der Waals surface area contributed by atoms with E-state index in [0.717, 1.165) is 21.8 Å². The largest absolute Gasteiger partial charge is 0.465 e. The fourth-order valence-corrected chi connectivity index (χ4v) is 5.16. The van der Waals surface area contributed by atoms with Crippen LogP contribution in [0.5, 0.6) is 0 Å². The van der Waals surface area contributed by atoms with Gasteiger partial charge in [-0.25, -0.2) is 4.79 Å². The highest BCUT2D eigenvalue weighted by atomic mass is 32.2. The molecule has 1 atom stereocenters. The summed E-state index contributed by atoms with van der Waals surface area (Å²) < 4.78 is 4.86. The normalized spacial score (nSPS) is 11.2. The van der Waals surface area contributed by atoms with Crippen LogP contribution in [0.3, 0.4) is 0 Å². The number of carbonyl (C=O) groups is 3. The molecule has 4 aromatic rings. The molecule has 7 nitrogen and oxygen atoms in total. The lowest BCUT2D eigenvalue weighted by atomic mass is 10.1. The van der Waals surface area contributed by atoms with Crippen LogP contribution >= 0.6 is 24.0 Å². The Labute approximate surface area is 242 Å². The number of amides is 1. The van der Waals surface area contributed by atoms with Crippen molar-refractivity contribution in [1.82, 2.24) is 0 Å². The number of rotatable bonds is 9. The SMILES string of the molecule is COC(=O)c1ccccc1NC(=O)C(Sc1cccc(NC(=S)Nc2ccc(C(C)=O)cc2)c1)c1ccccc1. The summed E-state index contributed by atoms with van der Waals surface area (Å²) in [7, 11) is 1.30. The number of esters is 1. The molecule has 0 fully saturated rings. The maximum Gasteiger partial charge on any atom is 0.339 e. The lowest BCUT2D eigenvalue weighted by molar-refractivity contribution is -0.115. The van der Waals surface area contributed by atoms with E-state index in [0.29, 0.717) is 16.4 Å². The summed E-state index contributed by atoms with van der Waals surface area (Å²) in [4.78, 5) is 38.1. The molecule has 0 bridgehead atoms. The van der Waals surface area contributed by atoms with Crippen LogP contribution in [0.1, 0.15) is 38.5 Å². The maximum atomic E-state index is 13.6. The first-order valence-electron chi connectivity index (χ1n) is 12.3. The molecule has 1 unspecified atom stereocenters. The van der Waals surface area contributed by atoms with Gasteiger partial charge in [0.2, 0.25) is 5.91 Å². The number of hydrogen-bond acceptors (Lipinski definition) is 6. The minimum Gasteiger partial charge on any atom is -0.465 e. The van der Waals surface area contributed by atoms with E-state index < -0.39 is 11.2 Å². The zero-order valence-electron chi connectivity index (χ0n) is 21.8. The number of nitrogens with one attached hydrogen (secondary N) is 3. The molecule has 0 aliphatic carbocycles. The van der Waals surface area contributed by atoms with E-state index in [1.807, 2.05) is 54.6 Å². The zero-order valence-corrected chi connectivity index (χ0v) is 23.5. The topological polar surface area (TPSA) is 96.5 Å². The van der Waals surface area contributed by atoms with Crippen molar-refractivity contribution in [2.24, 2.45) is 0 Å². The molecule has 3 N–H and O–H groups in total. The highest BCUT2D eigenvalue weighted by molar-refractivity contribution is 8.00. The molecule has 0 saturated carbocycles. The Bertz CT molecular complexity index is 1530. The van der Waals surface area contributed by atoms with Crippen molar-refractivity contribution < 1.29 is 19.1 Å². The van der Waals surface area contributed by atoms with Crippen LogP contribution in [0.15, 0.2) is 108 Å². The Morgan fingerprint density at radius 2 is 1.45 bits per heavy atom. The number of methoxy groups -OCH3 is 1. The Morgan fingerprint density at radius 1 is 0.775 bits per heavy atom. The Kier molecular flexibility index (Phi) is 9.66. The van der Waals surface area contributed by atoms with Crippen molar-refractivity contribution in [3.63, 3.8) is 0 Å². The summed E-state index contributed by atoms with van der Waals surface area (Å²) in [6.07, 6.45) is 0. The van der Waals surface area contributed by atoms with E-state index in [4.69, 9.17) is 17.0 Å². The summed E-state index contributed by atoms with van der Waals surface area (Å²) in [6, 6.07) is 30.8. The summed E-state index contributed by atoms with van der Waals surface area (Å²) >= 11 is 6.84. The predicted molar refractivity (Wildman–Crippen MR) is 164 cm³/mol. The van der Waals surface area contributed by atoms with E-state index in [9.17, 15) is 14.4 Å². The van der Waals surface area contributed by atoms with Gasteiger partial charge < -0.3 is 20.7 Å². The third-order valence-electron chi connectivity index (χ3n) is 5.83. The molecule has 0 saturated heterocycles. The van der Waals surface area contributed by atoms with Gasteiger partial charge in [0.25, 0.3) is 0 Å². The Balaban J connectivity index is 1.50. The average molecular weight is 570 g/mol. The van der Waals surface area contributed by atoms with Crippen LogP contribution in [0.2, 0.25) is 0 Å². The third kappa shape index (κ3) is 7.56. The number of Topliss-reactive ketones (excluding diaryl/α,β-unsaturated/α-hetero) is 1. The van der Waals surface area contributed by atoms with Crippen molar-refractivity contribution in [1.29, 1.82) is 0 Å². The van der Waals surface area contributed by atoms with Gasteiger partial charge in [0, 0.05) is 21.8 Å². The standard InChI is InChI=1S/C31H27N3O4S2/c1-20(35)21-15-17-23(18-16-21)32-31(39)33-24-11-8-12-25(19-24)40-28(22-9-4-3-5-10-22)29(36)34-27-14-7-6-13-26(27)30(37)38-2/h3-19,28H,1-2H3,(H,34,36)(H2,32,33,39). The molecular formula is C31H27N3O4S2. The molecule has 0 aliphatic heterocycles. The molecule has 0 radical (unpaired) electrons. The zero-order chi connectivity index (χ0) is 28.5. The number of thiocarbonyl (C=S) groups is 1. The summed E-state index contributed by atoms with van der Waals surface area (Å²) in [5, 5.41) is 8.95. The van der Waals surface area contributed by atoms with Crippen LogP contribution in [-0.4, -0.2) is 29.9 Å². The van der Waals surface area contributed by atoms with Crippen molar-refractivity contribution in [2.45, 2.75) is 17.1 Å². The molecule has 0 heterocycles. The van der Waals surface area contributed by atoms with Gasteiger partial charge in [-0.3, -0.25) is 9.59 Å². The van der Waals surface area contributed by atoms with Crippen molar-refractivity contribution in [3.05, 3.63) is 120 Å². The van der Waals surface area contributed by atoms with Gasteiger partial charge in [-0.2, -0.15) is 0 Å². The summed E-state index contributed by atoms with van der Waals surface area (Å²) in [6.45, 7) is 1.52. The molecule has 0 aromatic heterocycles. The van der Waals surface area contributed by atoms with Crippen LogP contribution < -0.4 is 16.0 Å². The lowest BCUT2D eigenvalue weighted by Crippen LogP contribution is -2.21. The molecule has 9 heteroatoms. The first kappa shape index (κ1) is 28.5. The molecule has 1 amide bonds. The quantitative estimate of drug-likeness (QED) is 0.0862. The number of ketones is 1. The van der Waals surface area contributed by atoms with Crippen molar-refractivity contribution >= 4 is 63.8 Å². The number of ether oxygens (including phenoxy) is 1. The first-order chi connectivity index (χ1) is 19.3. The lowest BCUT2D eigenvalue weighted by Gasteiger charge is -2.19. The summed E-state index contributed by atoms with van der Waals surface area (Å²) in [5.74, 6) is -0.813. The fourth-order valence-electron chi connectivity index (χ4n) is 3.84. The van der Waals surface area contributed by atoms with Crippen molar-refractivity contribution in [3.8, 4) is 0 Å². The smallest absolute Gasteiger partial charge is 0.339 e. The van der Waals surface area contributed by atoms with Gasteiger partial charge in [0.15, 0.2) is 10.9 Å². The molecule has 0 aliphatic rings. The van der Waals surface area contributed by atoms with Crippen LogP contribution in [0, 0.1) is 0 Å². The number of para-hydroxylation sites is 1. The number of anilines is 3. The second kappa shape index (κ2) is 13.5. The number of hydrogen-bond donors (Lipinski definition) is 3. The highest BCUT2D eigenvalue weighted by Gasteiger charge is 2.24. The van der Waals surface area contributed by atoms with E-state index in [2.05, 4.69) is 16.0 Å². The van der Waals surface area contributed by atoms with Crippen LogP contribution in [0.4, 0.5) is 17.1 Å². The summed E-state index contributed by atoms with van der Waals surface area (Å²) in [5.41, 5.74) is 3.58. The third-order valence-corrected chi connectivity index (χ3v) is 7.28. The number of benzene rings is 4. The van der Waals surface area contributed by atoms with Gasteiger partial charge in [0.05, 0.1) is 18.4 Å². The maximum absolute atomic E-state index is 13.6. The van der Waals surface area contributed by atoms with Crippen molar-refractivity contribution in [2.75, 3.05) is 23.1 Å². The average Bonchev–Trinajstić information content (AvgIpc) is 2.96. The molecule has 4 aromatic carbocycles. The highest BCUT2D eigenvalue weighted by Crippen LogP contribution is 2.37. The Hall–Kier alpha value is -4.47. The minimum atomic E-state index is -0.605. The van der Waals surface area contributed by atoms with E-state index in [-0.39, 0.29) is 17.3 Å². The van der Waals surface area contributed by atoms with Crippen LogP contribution in [0.25, 0.3) is 0 Å². The molecule has 4 rings (SSSR count). The van der Waals surface area contributed by atoms with E-state index in [1.54, 1.807) is 48.5 Å². The molecule has 0 spiro atoms. The van der Waals surface area contributed by atoms with Gasteiger partial charge in [0.1, 0.15) is 5.25 Å². The van der Waals surface area contributed by atoms with Gasteiger partial charge in [-0.1, -0.05) is 48.5 Å². The number of carbonyl (C=O) groups excluding carboxylic acids is 3. The monoisotopic (exact) mass is 569 g/mol. The van der Waals surface area contributed by atoms with Gasteiger partial charge >= 0.3 is 5.97 Å². The fraction of sp³-hybridized carbons (Fsp3) is 0.0968. The van der Waals surface area contributed by atoms with Gasteiger partial charge in [-0.05, 0) is 79.3 Å². The molecular weight excluding hydrogens is 542 g/mol. The molecule has 40 heavy (non-hydrogen) atoms. The van der Waals surface area contributed by atoms with E-state index >= 15 is 0 Å². The van der Waals surface area contributed by atoms with E-state index in [1.165, 1.54) is 25.8 Å². The second-order valence-electron chi connectivity index (χ2n) is 8.68. The number of thioether (sulfide) groups is 1. The second-order valence-corrected chi connectivity index (χ2v) is 10.3. The predicted octanol–water partition coefficient (Wildman–Crippen LogP) is 6.96.